The Morgan fingerprint density at radius 3 is 2.47 bits per heavy atom. The molecule has 3 aromatic rings. The number of rotatable bonds is 11. The molecule has 0 unspecified atom stereocenters. The van der Waals surface area contributed by atoms with E-state index in [1.807, 2.05) is 32.0 Å². The van der Waals surface area contributed by atoms with Gasteiger partial charge in [-0.2, -0.15) is 0 Å². The highest BCUT2D eigenvalue weighted by molar-refractivity contribution is 6.37. The van der Waals surface area contributed by atoms with Crippen molar-refractivity contribution in [2.24, 2.45) is 0 Å². The molecule has 0 radical (unpaired) electrons. The lowest BCUT2D eigenvalue weighted by Gasteiger charge is -2.12. The Balaban J connectivity index is 0.00000154. The van der Waals surface area contributed by atoms with Crippen LogP contribution in [0.2, 0.25) is 10.0 Å². The summed E-state index contributed by atoms with van der Waals surface area (Å²) in [5.74, 6) is 0.834. The Morgan fingerprint density at radius 1 is 1.03 bits per heavy atom. The van der Waals surface area contributed by atoms with Crippen molar-refractivity contribution in [1.29, 1.82) is 0 Å². The summed E-state index contributed by atoms with van der Waals surface area (Å²) in [5.41, 5.74) is 0.879. The molecule has 0 bridgehead atoms. The van der Waals surface area contributed by atoms with Gasteiger partial charge in [-0.15, -0.1) is 0 Å². The number of halogens is 2. The number of aldehydes is 1. The van der Waals surface area contributed by atoms with E-state index in [-0.39, 0.29) is 16.1 Å². The number of ether oxygens (including phenoxy) is 2. The maximum atomic E-state index is 12.5. The molecule has 10 heteroatoms. The third-order valence-electron chi connectivity index (χ3n) is 4.29. The van der Waals surface area contributed by atoms with Crippen LogP contribution in [0, 0.1) is 0 Å². The van der Waals surface area contributed by atoms with Crippen LogP contribution in [0.25, 0.3) is 0 Å². The summed E-state index contributed by atoms with van der Waals surface area (Å²) in [6.07, 6.45) is 2.36. The molecule has 36 heavy (non-hydrogen) atoms. The fourth-order valence-electron chi connectivity index (χ4n) is 2.74. The molecule has 194 valence electrons. The van der Waals surface area contributed by atoms with Crippen LogP contribution >= 0.6 is 23.2 Å². The molecule has 1 amide bonds. The summed E-state index contributed by atoms with van der Waals surface area (Å²) >= 11 is 11.9. The average molecular weight is 536 g/mol. The molecule has 0 aliphatic heterocycles. The second-order valence-electron chi connectivity index (χ2n) is 6.55. The predicted molar refractivity (Wildman–Crippen MR) is 145 cm³/mol. The Morgan fingerprint density at radius 2 is 1.81 bits per heavy atom. The van der Waals surface area contributed by atoms with E-state index < -0.39 is 5.91 Å². The highest BCUT2D eigenvalue weighted by Crippen LogP contribution is 2.25. The summed E-state index contributed by atoms with van der Waals surface area (Å²) in [5, 5.41) is 13.5. The van der Waals surface area contributed by atoms with Gasteiger partial charge < -0.3 is 25.2 Å². The normalized spacial score (nSPS) is 9.61. The van der Waals surface area contributed by atoms with Gasteiger partial charge in [-0.3, -0.25) is 9.59 Å². The van der Waals surface area contributed by atoms with E-state index in [9.17, 15) is 9.59 Å². The van der Waals surface area contributed by atoms with Crippen molar-refractivity contribution < 1.29 is 24.2 Å². The van der Waals surface area contributed by atoms with Crippen LogP contribution in [-0.4, -0.2) is 55.8 Å². The minimum atomic E-state index is -0.448. The molecule has 0 aliphatic carbocycles. The van der Waals surface area contributed by atoms with Crippen molar-refractivity contribution in [3.8, 4) is 5.75 Å². The molecule has 1 heterocycles. The van der Waals surface area contributed by atoms with Crippen LogP contribution < -0.4 is 15.4 Å². The highest BCUT2D eigenvalue weighted by atomic mass is 35.5. The number of hydrogen-bond acceptors (Lipinski definition) is 7. The molecule has 0 atom stereocenters. The van der Waals surface area contributed by atoms with Crippen molar-refractivity contribution >= 4 is 46.9 Å². The van der Waals surface area contributed by atoms with E-state index in [1.165, 1.54) is 12.1 Å². The number of nitrogens with zero attached hydrogens (tertiary/aromatic N) is 1. The molecular formula is C26H31Cl2N3O5. The number of carbonyl (C=O) groups is 2. The Hall–Kier alpha value is -3.17. The molecule has 8 nitrogen and oxygen atoms in total. The quantitative estimate of drug-likeness (QED) is 0.216. The summed E-state index contributed by atoms with van der Waals surface area (Å²) in [7, 11) is 1.00. The Labute approximate surface area is 221 Å². The summed E-state index contributed by atoms with van der Waals surface area (Å²) in [6, 6.07) is 15.0. The highest BCUT2D eigenvalue weighted by Gasteiger charge is 2.13. The Bertz CT molecular complexity index is 1070. The fourth-order valence-corrected chi connectivity index (χ4v) is 3.24. The van der Waals surface area contributed by atoms with Gasteiger partial charge >= 0.3 is 0 Å². The number of pyridine rings is 1. The van der Waals surface area contributed by atoms with E-state index in [0.717, 1.165) is 12.9 Å². The maximum Gasteiger partial charge on any atom is 0.257 e. The predicted octanol–water partition coefficient (Wildman–Crippen LogP) is 5.60. The average Bonchev–Trinajstić information content (AvgIpc) is 2.91. The second kappa shape index (κ2) is 18.1. The molecule has 2 aromatic carbocycles. The Kier molecular flexibility index (Phi) is 15.6. The van der Waals surface area contributed by atoms with Gasteiger partial charge in [-0.05, 0) is 48.5 Å². The van der Waals surface area contributed by atoms with Crippen molar-refractivity contribution in [3.05, 3.63) is 82.0 Å². The molecule has 0 fully saturated rings. The molecule has 0 saturated carbocycles. The summed E-state index contributed by atoms with van der Waals surface area (Å²) in [6.45, 7) is 5.82. The van der Waals surface area contributed by atoms with Crippen LogP contribution in [0.1, 0.15) is 34.6 Å². The minimum Gasteiger partial charge on any atom is -0.491 e. The first-order chi connectivity index (χ1) is 17.6. The van der Waals surface area contributed by atoms with E-state index in [0.29, 0.717) is 49.1 Å². The number of carbonyl (C=O) groups excluding carboxylic acids is 2. The molecule has 0 saturated heterocycles. The largest absolute Gasteiger partial charge is 0.491 e. The number of nitrogens with one attached hydrogen (secondary N) is 2. The smallest absolute Gasteiger partial charge is 0.257 e. The van der Waals surface area contributed by atoms with E-state index in [1.54, 1.807) is 30.5 Å². The lowest BCUT2D eigenvalue weighted by molar-refractivity contribution is 0.102. The SMILES string of the molecule is CC.CO.O=Cc1cc(OCCOCCNc2ccccn2)ccc1NC(=O)c1ccc(Cl)cc1Cl. The minimum absolute atomic E-state index is 0.220. The van der Waals surface area contributed by atoms with Gasteiger partial charge in [0.25, 0.3) is 5.91 Å². The number of benzene rings is 2. The number of aliphatic hydroxyl groups is 1. The zero-order valence-corrected chi connectivity index (χ0v) is 22.0. The van der Waals surface area contributed by atoms with Crippen molar-refractivity contribution in [2.45, 2.75) is 13.8 Å². The van der Waals surface area contributed by atoms with Crippen LogP contribution in [0.15, 0.2) is 60.8 Å². The van der Waals surface area contributed by atoms with Crippen molar-refractivity contribution in [2.75, 3.05) is 44.1 Å². The molecule has 3 N–H and O–H groups in total. The first kappa shape index (κ1) is 30.9. The van der Waals surface area contributed by atoms with Crippen LogP contribution in [0.5, 0.6) is 5.75 Å². The molecule has 0 aliphatic rings. The van der Waals surface area contributed by atoms with Gasteiger partial charge in [0.2, 0.25) is 0 Å². The lowest BCUT2D eigenvalue weighted by atomic mass is 10.1. The molecule has 0 spiro atoms. The van der Waals surface area contributed by atoms with Gasteiger partial charge in [0, 0.05) is 30.4 Å². The first-order valence-electron chi connectivity index (χ1n) is 11.2. The zero-order valence-electron chi connectivity index (χ0n) is 20.5. The topological polar surface area (TPSA) is 110 Å². The number of aliphatic hydroxyl groups excluding tert-OH is 1. The lowest BCUT2D eigenvalue weighted by Crippen LogP contribution is -2.15. The maximum absolute atomic E-state index is 12.5. The van der Waals surface area contributed by atoms with Gasteiger partial charge in [-0.1, -0.05) is 43.1 Å². The number of aromatic nitrogens is 1. The van der Waals surface area contributed by atoms with Crippen molar-refractivity contribution in [3.63, 3.8) is 0 Å². The molecule has 3 rings (SSSR count). The standard InChI is InChI=1S/C23H21Cl2N3O4.C2H6.CH4O/c24-17-4-6-19(20(25)14-17)23(30)28-21-7-5-18(13-16(21)15-29)32-12-11-31-10-9-27-22-3-1-2-8-26-22;2*1-2/h1-8,13-15H,9-12H2,(H,26,27)(H,28,30);1-2H3;2H,1H3. The van der Waals surface area contributed by atoms with Crippen molar-refractivity contribution in [1.82, 2.24) is 4.98 Å². The summed E-state index contributed by atoms with van der Waals surface area (Å²) in [4.78, 5) is 28.1. The second-order valence-corrected chi connectivity index (χ2v) is 7.39. The third kappa shape index (κ3) is 10.6. The third-order valence-corrected chi connectivity index (χ3v) is 4.84. The van der Waals surface area contributed by atoms with Gasteiger partial charge in [0.15, 0.2) is 6.29 Å². The van der Waals surface area contributed by atoms with E-state index in [2.05, 4.69) is 15.6 Å². The van der Waals surface area contributed by atoms with Gasteiger partial charge in [0.05, 0.1) is 29.5 Å². The fraction of sp³-hybridized carbons (Fsp3) is 0.269. The monoisotopic (exact) mass is 535 g/mol. The van der Waals surface area contributed by atoms with Crippen LogP contribution in [-0.2, 0) is 4.74 Å². The first-order valence-corrected chi connectivity index (χ1v) is 12.0. The zero-order chi connectivity index (χ0) is 26.8. The number of hydrogen-bond donors (Lipinski definition) is 3. The van der Waals surface area contributed by atoms with E-state index >= 15 is 0 Å². The van der Waals surface area contributed by atoms with Gasteiger partial charge in [-0.25, -0.2) is 4.98 Å². The number of anilines is 2. The molecule has 1 aromatic heterocycles. The number of amides is 1. The molecular weight excluding hydrogens is 505 g/mol. The van der Waals surface area contributed by atoms with Crippen LogP contribution in [0.3, 0.4) is 0 Å². The summed E-state index contributed by atoms with van der Waals surface area (Å²) < 4.78 is 11.1. The van der Waals surface area contributed by atoms with E-state index in [4.69, 9.17) is 37.8 Å². The van der Waals surface area contributed by atoms with Gasteiger partial charge in [0.1, 0.15) is 18.2 Å². The van der Waals surface area contributed by atoms with Crippen LogP contribution in [0.4, 0.5) is 11.5 Å².